The van der Waals surface area contributed by atoms with Crippen LogP contribution >= 0.6 is 0 Å². The highest BCUT2D eigenvalue weighted by Crippen LogP contribution is 2.41. The lowest BCUT2D eigenvalue weighted by Gasteiger charge is -2.24. The van der Waals surface area contributed by atoms with E-state index in [1.165, 1.54) is 5.69 Å². The van der Waals surface area contributed by atoms with Crippen LogP contribution in [0.15, 0.2) is 12.3 Å². The van der Waals surface area contributed by atoms with Gasteiger partial charge in [0.2, 0.25) is 0 Å². The first-order valence-corrected chi connectivity index (χ1v) is 6.68. The van der Waals surface area contributed by atoms with Crippen molar-refractivity contribution in [3.05, 3.63) is 18.0 Å². The van der Waals surface area contributed by atoms with Gasteiger partial charge in [0.1, 0.15) is 0 Å². The van der Waals surface area contributed by atoms with Gasteiger partial charge >= 0.3 is 6.03 Å². The van der Waals surface area contributed by atoms with Gasteiger partial charge in [-0.25, -0.2) is 4.79 Å². The van der Waals surface area contributed by atoms with E-state index in [1.807, 2.05) is 24.9 Å². The predicted molar refractivity (Wildman–Crippen MR) is 68.4 cm³/mol. The summed E-state index contributed by atoms with van der Waals surface area (Å²) in [5, 5.41) is 7.31. The molecule has 0 radical (unpaired) electrons. The molecule has 2 aliphatic heterocycles. The number of hydrogen-bond acceptors (Lipinski definition) is 2. The average Bonchev–Trinajstić information content (AvgIpc) is 2.99. The number of aromatic nitrogens is 2. The lowest BCUT2D eigenvalue weighted by atomic mass is 9.83. The van der Waals surface area contributed by atoms with Crippen molar-refractivity contribution >= 4 is 6.03 Å². The summed E-state index contributed by atoms with van der Waals surface area (Å²) in [6.45, 7) is 6.66. The highest BCUT2D eigenvalue weighted by molar-refractivity contribution is 5.75. The van der Waals surface area contributed by atoms with Gasteiger partial charge in [0.25, 0.3) is 0 Å². The summed E-state index contributed by atoms with van der Waals surface area (Å²) in [5.74, 6) is 0. The highest BCUT2D eigenvalue weighted by atomic mass is 16.2. The van der Waals surface area contributed by atoms with Crippen molar-refractivity contribution in [1.29, 1.82) is 0 Å². The van der Waals surface area contributed by atoms with Crippen LogP contribution in [0.25, 0.3) is 0 Å². The van der Waals surface area contributed by atoms with Gasteiger partial charge in [0.15, 0.2) is 0 Å². The van der Waals surface area contributed by atoms with Crippen molar-refractivity contribution in [2.24, 2.45) is 0 Å². The summed E-state index contributed by atoms with van der Waals surface area (Å²) >= 11 is 0. The Bertz CT molecular complexity index is 467. The average molecular weight is 248 g/mol. The molecule has 0 saturated carbocycles. The third-order valence-corrected chi connectivity index (χ3v) is 4.12. The number of aryl methyl sites for hydroxylation is 1. The first-order chi connectivity index (χ1) is 8.61. The fraction of sp³-hybridized carbons (Fsp3) is 0.692. The number of nitrogens with zero attached hydrogens (tertiary/aromatic N) is 3. The SMILES string of the molecule is CC(C)NC(=O)N1CC[C@@]2(CCn3nccc32)C1. The van der Waals surface area contributed by atoms with E-state index in [9.17, 15) is 4.79 Å². The number of amides is 2. The van der Waals surface area contributed by atoms with Crippen LogP contribution in [0.4, 0.5) is 4.79 Å². The number of nitrogens with one attached hydrogen (secondary N) is 1. The third-order valence-electron chi connectivity index (χ3n) is 4.12. The van der Waals surface area contributed by atoms with Gasteiger partial charge in [-0.3, -0.25) is 4.68 Å². The van der Waals surface area contributed by atoms with Gasteiger partial charge in [-0.15, -0.1) is 0 Å². The van der Waals surface area contributed by atoms with E-state index in [0.717, 1.165) is 32.5 Å². The van der Waals surface area contributed by atoms with E-state index >= 15 is 0 Å². The number of carbonyl (C=O) groups excluding carboxylic acids is 1. The molecular weight excluding hydrogens is 228 g/mol. The number of likely N-dealkylation sites (tertiary alicyclic amines) is 1. The summed E-state index contributed by atoms with van der Waals surface area (Å²) in [4.78, 5) is 14.0. The van der Waals surface area contributed by atoms with E-state index in [2.05, 4.69) is 21.2 Å². The molecule has 1 spiro atoms. The Hall–Kier alpha value is -1.52. The Balaban J connectivity index is 1.75. The lowest BCUT2D eigenvalue weighted by Crippen LogP contribution is -2.43. The van der Waals surface area contributed by atoms with Crippen molar-refractivity contribution in [2.75, 3.05) is 13.1 Å². The van der Waals surface area contributed by atoms with E-state index in [4.69, 9.17) is 0 Å². The number of fused-ring (bicyclic) bond motifs is 2. The Morgan fingerprint density at radius 2 is 2.22 bits per heavy atom. The number of rotatable bonds is 1. The first-order valence-electron chi connectivity index (χ1n) is 6.68. The molecule has 1 aromatic rings. The molecule has 3 heterocycles. The molecule has 5 nitrogen and oxygen atoms in total. The maximum atomic E-state index is 12.0. The molecule has 5 heteroatoms. The zero-order chi connectivity index (χ0) is 12.8. The molecule has 0 unspecified atom stereocenters. The van der Waals surface area contributed by atoms with Crippen molar-refractivity contribution in [1.82, 2.24) is 20.0 Å². The van der Waals surface area contributed by atoms with Crippen LogP contribution in [0.2, 0.25) is 0 Å². The van der Waals surface area contributed by atoms with Crippen LogP contribution in [-0.2, 0) is 12.0 Å². The first kappa shape index (κ1) is 11.6. The molecule has 1 N–H and O–H groups in total. The molecule has 0 aliphatic carbocycles. The van der Waals surface area contributed by atoms with Crippen LogP contribution in [0.5, 0.6) is 0 Å². The van der Waals surface area contributed by atoms with Gasteiger partial charge in [-0.1, -0.05) is 0 Å². The van der Waals surface area contributed by atoms with E-state index in [1.54, 1.807) is 0 Å². The minimum absolute atomic E-state index is 0.0693. The minimum Gasteiger partial charge on any atom is -0.336 e. The van der Waals surface area contributed by atoms with Crippen molar-refractivity contribution in [3.8, 4) is 0 Å². The quantitative estimate of drug-likeness (QED) is 0.815. The monoisotopic (exact) mass is 248 g/mol. The topological polar surface area (TPSA) is 50.2 Å². The van der Waals surface area contributed by atoms with E-state index < -0.39 is 0 Å². The van der Waals surface area contributed by atoms with Crippen LogP contribution < -0.4 is 5.32 Å². The van der Waals surface area contributed by atoms with Crippen LogP contribution in [-0.4, -0.2) is 39.8 Å². The second-order valence-electron chi connectivity index (χ2n) is 5.75. The summed E-state index contributed by atoms with van der Waals surface area (Å²) in [6, 6.07) is 2.37. The predicted octanol–water partition coefficient (Wildman–Crippen LogP) is 1.35. The maximum Gasteiger partial charge on any atom is 0.317 e. The van der Waals surface area contributed by atoms with Crippen molar-refractivity contribution < 1.29 is 4.79 Å². The molecule has 3 rings (SSSR count). The Morgan fingerprint density at radius 3 is 3.00 bits per heavy atom. The molecule has 2 aliphatic rings. The standard InChI is InChI=1S/C13H20N4O/c1-10(2)15-12(18)16-7-4-13(9-16)5-8-17-11(13)3-6-14-17/h3,6,10H,4-5,7-9H2,1-2H3,(H,15,18)/t13-/m1/s1. The summed E-state index contributed by atoms with van der Waals surface area (Å²) in [7, 11) is 0. The zero-order valence-corrected chi connectivity index (χ0v) is 11.0. The van der Waals surface area contributed by atoms with Gasteiger partial charge in [0, 0.05) is 43.0 Å². The third kappa shape index (κ3) is 1.69. The molecule has 1 atom stereocenters. The molecule has 18 heavy (non-hydrogen) atoms. The van der Waals surface area contributed by atoms with E-state index in [-0.39, 0.29) is 17.5 Å². The molecule has 1 saturated heterocycles. The van der Waals surface area contributed by atoms with Gasteiger partial charge in [-0.2, -0.15) is 5.10 Å². The lowest BCUT2D eigenvalue weighted by molar-refractivity contribution is 0.203. The second-order valence-corrected chi connectivity index (χ2v) is 5.75. The Labute approximate surface area is 107 Å². The fourth-order valence-corrected chi connectivity index (χ4v) is 3.21. The normalized spacial score (nSPS) is 26.1. The van der Waals surface area contributed by atoms with E-state index in [0.29, 0.717) is 0 Å². The number of carbonyl (C=O) groups is 1. The van der Waals surface area contributed by atoms with Crippen molar-refractivity contribution in [3.63, 3.8) is 0 Å². The molecule has 1 fully saturated rings. The molecule has 2 amide bonds. The summed E-state index contributed by atoms with van der Waals surface area (Å²) in [6.07, 6.45) is 4.04. The van der Waals surface area contributed by atoms with Gasteiger partial charge in [-0.05, 0) is 32.8 Å². The smallest absolute Gasteiger partial charge is 0.317 e. The largest absolute Gasteiger partial charge is 0.336 e. The summed E-state index contributed by atoms with van der Waals surface area (Å²) in [5.41, 5.74) is 1.47. The zero-order valence-electron chi connectivity index (χ0n) is 11.0. The Morgan fingerprint density at radius 1 is 1.44 bits per heavy atom. The Kier molecular flexibility index (Phi) is 2.57. The molecular formula is C13H20N4O. The van der Waals surface area contributed by atoms with Crippen LogP contribution in [0, 0.1) is 0 Å². The maximum absolute atomic E-state index is 12.0. The summed E-state index contributed by atoms with van der Waals surface area (Å²) < 4.78 is 2.09. The van der Waals surface area contributed by atoms with Crippen LogP contribution in [0.1, 0.15) is 32.4 Å². The molecule has 98 valence electrons. The van der Waals surface area contributed by atoms with Crippen LogP contribution in [0.3, 0.4) is 0 Å². The van der Waals surface area contributed by atoms with Gasteiger partial charge in [0.05, 0.1) is 0 Å². The minimum atomic E-state index is 0.0693. The fourth-order valence-electron chi connectivity index (χ4n) is 3.21. The van der Waals surface area contributed by atoms with Crippen molar-refractivity contribution in [2.45, 2.75) is 44.7 Å². The molecule has 0 aromatic carbocycles. The van der Waals surface area contributed by atoms with Gasteiger partial charge < -0.3 is 10.2 Å². The number of hydrogen-bond donors (Lipinski definition) is 1. The number of urea groups is 1. The second kappa shape index (κ2) is 4.00. The molecule has 1 aromatic heterocycles. The molecule has 0 bridgehead atoms. The highest BCUT2D eigenvalue weighted by Gasteiger charge is 2.46.